The van der Waals surface area contributed by atoms with Gasteiger partial charge in [-0.15, -0.1) is 0 Å². The molecule has 0 fully saturated rings. The Bertz CT molecular complexity index is 738. The molecule has 2 aromatic rings. The lowest BCUT2D eigenvalue weighted by Crippen LogP contribution is -2.48. The van der Waals surface area contributed by atoms with Gasteiger partial charge in [0.1, 0.15) is 0 Å². The molecule has 24 heavy (non-hydrogen) atoms. The van der Waals surface area contributed by atoms with E-state index >= 15 is 0 Å². The average Bonchev–Trinajstić information content (AvgIpc) is 2.59. The fourth-order valence-corrected chi connectivity index (χ4v) is 2.65. The monoisotopic (exact) mass is 365 g/mol. The van der Waals surface area contributed by atoms with Crippen molar-refractivity contribution >= 4 is 35.1 Å². The third-order valence-corrected chi connectivity index (χ3v) is 4.20. The molecule has 0 aromatic heterocycles. The lowest BCUT2D eigenvalue weighted by atomic mass is 10.1. The largest absolute Gasteiger partial charge is 0.336 e. The maximum atomic E-state index is 12.2. The van der Waals surface area contributed by atoms with Crippen LogP contribution in [0.5, 0.6) is 0 Å². The molecule has 126 valence electrons. The minimum absolute atomic E-state index is 0.302. The highest BCUT2D eigenvalue weighted by Gasteiger charge is 2.20. The van der Waals surface area contributed by atoms with Crippen LogP contribution >= 0.6 is 23.2 Å². The van der Waals surface area contributed by atoms with E-state index < -0.39 is 11.9 Å². The molecule has 0 aliphatic rings. The van der Waals surface area contributed by atoms with Gasteiger partial charge in [-0.3, -0.25) is 10.2 Å². The molecule has 0 heterocycles. The summed E-state index contributed by atoms with van der Waals surface area (Å²) in [5.41, 5.74) is 5.97. The van der Waals surface area contributed by atoms with E-state index in [-0.39, 0.29) is 6.04 Å². The van der Waals surface area contributed by atoms with Crippen molar-refractivity contribution < 1.29 is 9.59 Å². The second-order valence-electron chi connectivity index (χ2n) is 5.20. The molecule has 0 aliphatic heterocycles. The molecule has 7 heteroatoms. The van der Waals surface area contributed by atoms with Crippen LogP contribution in [0.15, 0.2) is 48.5 Å². The summed E-state index contributed by atoms with van der Waals surface area (Å²) in [4.78, 5) is 25.6. The topological polar surface area (TPSA) is 61.4 Å². The van der Waals surface area contributed by atoms with Crippen LogP contribution in [-0.2, 0) is 0 Å². The van der Waals surface area contributed by atoms with Gasteiger partial charge in [-0.25, -0.2) is 10.2 Å². The molecule has 2 N–H and O–H groups in total. The number of rotatable bonds is 3. The summed E-state index contributed by atoms with van der Waals surface area (Å²) in [6.45, 7) is 1.83. The molecular formula is C17H17Cl2N3O2. The van der Waals surface area contributed by atoms with Crippen molar-refractivity contribution in [3.8, 4) is 0 Å². The molecule has 2 aromatic carbocycles. The highest BCUT2D eigenvalue weighted by molar-refractivity contribution is 6.35. The first-order valence-corrected chi connectivity index (χ1v) is 7.99. The molecule has 0 radical (unpaired) electrons. The molecule has 0 saturated carbocycles. The molecule has 0 aliphatic carbocycles. The van der Waals surface area contributed by atoms with Crippen molar-refractivity contribution in [2.24, 2.45) is 0 Å². The van der Waals surface area contributed by atoms with Gasteiger partial charge in [-0.05, 0) is 36.8 Å². The average molecular weight is 366 g/mol. The molecule has 0 saturated heterocycles. The van der Waals surface area contributed by atoms with Gasteiger partial charge in [0.15, 0.2) is 0 Å². The van der Waals surface area contributed by atoms with Crippen LogP contribution in [-0.4, -0.2) is 23.9 Å². The molecule has 1 unspecified atom stereocenters. The highest BCUT2D eigenvalue weighted by Crippen LogP contribution is 2.28. The Morgan fingerprint density at radius 2 is 1.71 bits per heavy atom. The van der Waals surface area contributed by atoms with Crippen molar-refractivity contribution in [1.82, 2.24) is 15.8 Å². The highest BCUT2D eigenvalue weighted by atomic mass is 35.5. The molecule has 2 rings (SSSR count). The Morgan fingerprint density at radius 1 is 1.04 bits per heavy atom. The number of halogens is 2. The summed E-state index contributed by atoms with van der Waals surface area (Å²) < 4.78 is 0. The van der Waals surface area contributed by atoms with E-state index in [0.717, 1.165) is 5.56 Å². The van der Waals surface area contributed by atoms with Crippen LogP contribution < -0.4 is 10.9 Å². The van der Waals surface area contributed by atoms with Gasteiger partial charge in [-0.2, -0.15) is 0 Å². The van der Waals surface area contributed by atoms with Crippen molar-refractivity contribution in [3.63, 3.8) is 0 Å². The Morgan fingerprint density at radius 3 is 2.33 bits per heavy atom. The molecule has 1 atom stereocenters. The molecular weight excluding hydrogens is 349 g/mol. The molecule has 0 bridgehead atoms. The van der Waals surface area contributed by atoms with E-state index in [2.05, 4.69) is 10.9 Å². The summed E-state index contributed by atoms with van der Waals surface area (Å²) in [5.74, 6) is -0.394. The summed E-state index contributed by atoms with van der Waals surface area (Å²) in [5, 5.41) is 1.00. The van der Waals surface area contributed by atoms with Crippen molar-refractivity contribution in [1.29, 1.82) is 0 Å². The zero-order chi connectivity index (χ0) is 17.7. The number of hydrazine groups is 1. The first kappa shape index (κ1) is 18.1. The lowest BCUT2D eigenvalue weighted by Gasteiger charge is -2.26. The van der Waals surface area contributed by atoms with Crippen molar-refractivity contribution in [3.05, 3.63) is 69.7 Å². The van der Waals surface area contributed by atoms with Crippen molar-refractivity contribution in [2.45, 2.75) is 13.0 Å². The summed E-state index contributed by atoms with van der Waals surface area (Å²) in [6, 6.07) is 12.9. The van der Waals surface area contributed by atoms with E-state index in [1.165, 1.54) is 4.90 Å². The van der Waals surface area contributed by atoms with Gasteiger partial charge in [-0.1, -0.05) is 47.5 Å². The van der Waals surface area contributed by atoms with E-state index in [1.807, 2.05) is 6.92 Å². The van der Waals surface area contributed by atoms with Crippen molar-refractivity contribution in [2.75, 3.05) is 7.05 Å². The SMILES string of the molecule is CC(c1ccc(Cl)cc1Cl)N(C)C(=O)NNC(=O)c1ccccc1. The standard InChI is InChI=1S/C17H17Cl2N3O2/c1-11(14-9-8-13(18)10-15(14)19)22(2)17(24)21-20-16(23)12-6-4-3-5-7-12/h3-11H,1-2H3,(H,20,23)(H,21,24). The number of urea groups is 1. The second-order valence-corrected chi connectivity index (χ2v) is 6.05. The normalized spacial score (nSPS) is 11.5. The second kappa shape index (κ2) is 8.04. The molecule has 5 nitrogen and oxygen atoms in total. The van der Waals surface area contributed by atoms with Gasteiger partial charge >= 0.3 is 6.03 Å². The number of benzene rings is 2. The van der Waals surface area contributed by atoms with E-state index in [0.29, 0.717) is 15.6 Å². The van der Waals surface area contributed by atoms with E-state index in [4.69, 9.17) is 23.2 Å². The van der Waals surface area contributed by atoms with E-state index in [9.17, 15) is 9.59 Å². The van der Waals surface area contributed by atoms with Gasteiger partial charge in [0.25, 0.3) is 5.91 Å². The van der Waals surface area contributed by atoms with Crippen LogP contribution in [0.2, 0.25) is 10.0 Å². The Labute approximate surface area is 150 Å². The zero-order valence-electron chi connectivity index (χ0n) is 13.2. The smallest absolute Gasteiger partial charge is 0.320 e. The van der Waals surface area contributed by atoms with Gasteiger partial charge < -0.3 is 4.90 Å². The first-order chi connectivity index (χ1) is 11.4. The fraction of sp³-hybridized carbons (Fsp3) is 0.176. The maximum absolute atomic E-state index is 12.2. The zero-order valence-corrected chi connectivity index (χ0v) is 14.7. The minimum atomic E-state index is -0.460. The van der Waals surface area contributed by atoms with Crippen LogP contribution in [0.25, 0.3) is 0 Å². The first-order valence-electron chi connectivity index (χ1n) is 7.23. The number of amides is 3. The minimum Gasteiger partial charge on any atom is -0.320 e. The summed E-state index contributed by atoms with van der Waals surface area (Å²) in [6.07, 6.45) is 0. The third-order valence-electron chi connectivity index (χ3n) is 3.63. The number of nitrogens with zero attached hydrogens (tertiary/aromatic N) is 1. The number of hydrogen-bond acceptors (Lipinski definition) is 2. The molecule has 0 spiro atoms. The van der Waals surface area contributed by atoms with Gasteiger partial charge in [0, 0.05) is 22.7 Å². The molecule has 3 amide bonds. The summed E-state index contributed by atoms with van der Waals surface area (Å²) in [7, 11) is 1.61. The fourth-order valence-electron chi connectivity index (χ4n) is 2.08. The lowest BCUT2D eigenvalue weighted by molar-refractivity contribution is 0.0929. The van der Waals surface area contributed by atoms with Gasteiger partial charge in [0.05, 0.1) is 6.04 Å². The predicted octanol–water partition coefficient (Wildman–Crippen LogP) is 4.04. The predicted molar refractivity (Wildman–Crippen MR) is 95.1 cm³/mol. The Hall–Kier alpha value is -2.24. The van der Waals surface area contributed by atoms with Gasteiger partial charge in [0.2, 0.25) is 0 Å². The summed E-state index contributed by atoms with van der Waals surface area (Å²) >= 11 is 12.0. The van der Waals surface area contributed by atoms with Crippen LogP contribution in [0, 0.1) is 0 Å². The Balaban J connectivity index is 1.97. The Kier molecular flexibility index (Phi) is 6.06. The number of nitrogens with one attached hydrogen (secondary N) is 2. The van der Waals surface area contributed by atoms with Crippen LogP contribution in [0.1, 0.15) is 28.9 Å². The van der Waals surface area contributed by atoms with Crippen LogP contribution in [0.4, 0.5) is 4.79 Å². The number of carbonyl (C=O) groups is 2. The van der Waals surface area contributed by atoms with E-state index in [1.54, 1.807) is 55.6 Å². The third kappa shape index (κ3) is 4.40. The maximum Gasteiger partial charge on any atom is 0.336 e. The number of hydrogen-bond donors (Lipinski definition) is 2. The number of carbonyl (C=O) groups excluding carboxylic acids is 2. The quantitative estimate of drug-likeness (QED) is 0.806. The van der Waals surface area contributed by atoms with Crippen LogP contribution in [0.3, 0.4) is 0 Å².